The highest BCUT2D eigenvalue weighted by atomic mass is 32.2. The number of nitrogens with zero attached hydrogens (tertiary/aromatic N) is 5. The van der Waals surface area contributed by atoms with Crippen LogP contribution in [-0.4, -0.2) is 42.0 Å². The van der Waals surface area contributed by atoms with E-state index in [1.54, 1.807) is 28.7 Å². The van der Waals surface area contributed by atoms with E-state index in [0.717, 1.165) is 6.42 Å². The van der Waals surface area contributed by atoms with Crippen LogP contribution in [0.5, 0.6) is 0 Å². The molecule has 1 atom stereocenters. The zero-order chi connectivity index (χ0) is 13.9. The van der Waals surface area contributed by atoms with Gasteiger partial charge in [-0.05, 0) is 23.1 Å². The van der Waals surface area contributed by atoms with Crippen molar-refractivity contribution in [3.63, 3.8) is 0 Å². The Morgan fingerprint density at radius 2 is 2.40 bits per heavy atom. The molecular formula is C11H10N6O2S. The maximum Gasteiger partial charge on any atom is 0.269 e. The van der Waals surface area contributed by atoms with E-state index in [9.17, 15) is 9.59 Å². The van der Waals surface area contributed by atoms with Gasteiger partial charge in [0.1, 0.15) is 5.37 Å². The van der Waals surface area contributed by atoms with E-state index in [2.05, 4.69) is 25.7 Å². The summed E-state index contributed by atoms with van der Waals surface area (Å²) in [7, 11) is 0. The molecule has 2 aromatic rings. The van der Waals surface area contributed by atoms with Gasteiger partial charge < -0.3 is 0 Å². The average molecular weight is 290 g/mol. The number of aromatic amines is 1. The molecule has 1 aliphatic rings. The predicted octanol–water partition coefficient (Wildman–Crippen LogP) is 0.540. The Kier molecular flexibility index (Phi) is 3.42. The van der Waals surface area contributed by atoms with Gasteiger partial charge in [-0.1, -0.05) is 6.08 Å². The summed E-state index contributed by atoms with van der Waals surface area (Å²) in [6.07, 6.45) is 4.50. The molecule has 0 saturated heterocycles. The van der Waals surface area contributed by atoms with Gasteiger partial charge in [0.25, 0.3) is 5.78 Å². The first-order valence-corrected chi connectivity index (χ1v) is 6.84. The zero-order valence-corrected chi connectivity index (χ0v) is 11.1. The van der Waals surface area contributed by atoms with Gasteiger partial charge in [0.2, 0.25) is 11.6 Å². The van der Waals surface area contributed by atoms with E-state index in [0.29, 0.717) is 5.69 Å². The zero-order valence-electron chi connectivity index (χ0n) is 10.3. The van der Waals surface area contributed by atoms with Crippen molar-refractivity contribution in [3.05, 3.63) is 35.3 Å². The van der Waals surface area contributed by atoms with Crippen molar-refractivity contribution >= 4 is 23.3 Å². The first-order chi connectivity index (χ1) is 9.75. The fourth-order valence-corrected chi connectivity index (χ4v) is 2.83. The molecule has 3 rings (SSSR count). The SMILES string of the molecule is O=C(Cc1ccnn1C1CC=CS1)C(=O)c1nn[nH]n1. The number of aromatic nitrogens is 6. The standard InChI is InChI=1S/C11H10N6O2S/c18-8(10(19)11-13-15-16-14-11)6-7-3-4-12-17(7)9-2-1-5-20-9/h1,3-5,9H,2,6H2,(H,13,14,15,16). The number of hydrogen-bond donors (Lipinski definition) is 1. The summed E-state index contributed by atoms with van der Waals surface area (Å²) < 4.78 is 1.77. The highest BCUT2D eigenvalue weighted by molar-refractivity contribution is 8.02. The minimum Gasteiger partial charge on any atom is -0.290 e. The van der Waals surface area contributed by atoms with Crippen LogP contribution in [0.4, 0.5) is 0 Å². The number of rotatable bonds is 5. The normalized spacial score (nSPS) is 17.5. The Morgan fingerprint density at radius 3 is 3.10 bits per heavy atom. The van der Waals surface area contributed by atoms with Crippen LogP contribution in [0.15, 0.2) is 23.7 Å². The molecule has 0 spiro atoms. The molecule has 1 aliphatic heterocycles. The van der Waals surface area contributed by atoms with Crippen LogP contribution in [0.25, 0.3) is 0 Å². The van der Waals surface area contributed by atoms with Crippen LogP contribution in [0, 0.1) is 0 Å². The third-order valence-electron chi connectivity index (χ3n) is 2.84. The van der Waals surface area contributed by atoms with E-state index in [1.165, 1.54) is 0 Å². The molecular weight excluding hydrogens is 280 g/mol. The van der Waals surface area contributed by atoms with Crippen LogP contribution in [0.2, 0.25) is 0 Å². The maximum atomic E-state index is 11.9. The summed E-state index contributed by atoms with van der Waals surface area (Å²) in [5, 5.41) is 18.8. The molecule has 102 valence electrons. The van der Waals surface area contributed by atoms with Gasteiger partial charge in [-0.15, -0.1) is 22.0 Å². The van der Waals surface area contributed by atoms with E-state index in [-0.39, 0.29) is 17.6 Å². The maximum absolute atomic E-state index is 11.9. The van der Waals surface area contributed by atoms with Gasteiger partial charge in [-0.2, -0.15) is 10.3 Å². The van der Waals surface area contributed by atoms with Crippen LogP contribution < -0.4 is 0 Å². The molecule has 0 radical (unpaired) electrons. The lowest BCUT2D eigenvalue weighted by molar-refractivity contribution is -0.114. The van der Waals surface area contributed by atoms with Crippen molar-refractivity contribution in [2.24, 2.45) is 0 Å². The lowest BCUT2D eigenvalue weighted by atomic mass is 10.1. The number of thioether (sulfide) groups is 1. The van der Waals surface area contributed by atoms with E-state index < -0.39 is 11.6 Å². The molecule has 0 saturated carbocycles. The largest absolute Gasteiger partial charge is 0.290 e. The predicted molar refractivity (Wildman–Crippen MR) is 69.8 cm³/mol. The first-order valence-electron chi connectivity index (χ1n) is 5.89. The second-order valence-corrected chi connectivity index (χ2v) is 5.22. The van der Waals surface area contributed by atoms with Crippen LogP contribution in [-0.2, 0) is 11.2 Å². The quantitative estimate of drug-likeness (QED) is 0.632. The third-order valence-corrected chi connectivity index (χ3v) is 3.89. The van der Waals surface area contributed by atoms with Crippen LogP contribution in [0.1, 0.15) is 28.1 Å². The fraction of sp³-hybridized carbons (Fsp3) is 0.273. The number of carbonyl (C=O) groups is 2. The summed E-state index contributed by atoms with van der Waals surface area (Å²) in [5.41, 5.74) is 0.702. The number of allylic oxidation sites excluding steroid dienone is 1. The molecule has 8 nitrogen and oxygen atoms in total. The minimum atomic E-state index is -0.747. The summed E-state index contributed by atoms with van der Waals surface area (Å²) in [4.78, 5) is 23.7. The number of tetrazole rings is 1. The number of hydrogen-bond acceptors (Lipinski definition) is 7. The van der Waals surface area contributed by atoms with Crippen molar-refractivity contribution in [2.45, 2.75) is 18.2 Å². The van der Waals surface area contributed by atoms with Gasteiger partial charge >= 0.3 is 0 Å². The van der Waals surface area contributed by atoms with E-state index in [4.69, 9.17) is 0 Å². The smallest absolute Gasteiger partial charge is 0.269 e. The van der Waals surface area contributed by atoms with Gasteiger partial charge in [0.15, 0.2) is 0 Å². The van der Waals surface area contributed by atoms with Crippen LogP contribution >= 0.6 is 11.8 Å². The first kappa shape index (κ1) is 12.7. The van der Waals surface area contributed by atoms with Gasteiger partial charge in [0.05, 0.1) is 6.42 Å². The average Bonchev–Trinajstić information content (AvgIpc) is 3.19. The summed E-state index contributed by atoms with van der Waals surface area (Å²) in [6.45, 7) is 0. The van der Waals surface area contributed by atoms with Crippen molar-refractivity contribution in [1.29, 1.82) is 0 Å². The second-order valence-electron chi connectivity index (χ2n) is 4.13. The van der Waals surface area contributed by atoms with Gasteiger partial charge in [-0.25, -0.2) is 0 Å². The van der Waals surface area contributed by atoms with Crippen molar-refractivity contribution in [2.75, 3.05) is 0 Å². The third kappa shape index (κ3) is 2.39. The molecule has 9 heteroatoms. The Morgan fingerprint density at radius 1 is 1.50 bits per heavy atom. The molecule has 3 heterocycles. The molecule has 1 N–H and O–H groups in total. The fourth-order valence-electron chi connectivity index (χ4n) is 1.90. The molecule has 0 aromatic carbocycles. The molecule has 0 bridgehead atoms. The Bertz CT molecular complexity index is 654. The molecule has 20 heavy (non-hydrogen) atoms. The van der Waals surface area contributed by atoms with Gasteiger partial charge in [0, 0.05) is 11.9 Å². The lowest BCUT2D eigenvalue weighted by Gasteiger charge is -2.12. The molecule has 0 fully saturated rings. The monoisotopic (exact) mass is 290 g/mol. The number of carbonyl (C=O) groups excluding carboxylic acids is 2. The highest BCUT2D eigenvalue weighted by Gasteiger charge is 2.24. The van der Waals surface area contributed by atoms with E-state index >= 15 is 0 Å². The highest BCUT2D eigenvalue weighted by Crippen LogP contribution is 2.34. The van der Waals surface area contributed by atoms with Crippen molar-refractivity contribution < 1.29 is 9.59 Å². The van der Waals surface area contributed by atoms with E-state index in [1.807, 2.05) is 11.5 Å². The summed E-state index contributed by atoms with van der Waals surface area (Å²) in [6, 6.07) is 1.74. The number of nitrogens with one attached hydrogen (secondary N) is 1. The second kappa shape index (κ2) is 5.37. The summed E-state index contributed by atoms with van der Waals surface area (Å²) in [5.74, 6) is -1.54. The van der Waals surface area contributed by atoms with Crippen molar-refractivity contribution in [1.82, 2.24) is 30.4 Å². The Labute approximate surface area is 117 Å². The molecule has 2 aromatic heterocycles. The van der Waals surface area contributed by atoms with Gasteiger partial charge in [-0.3, -0.25) is 14.3 Å². The Hall–Kier alpha value is -2.29. The Balaban J connectivity index is 1.73. The molecule has 0 amide bonds. The molecule has 0 aliphatic carbocycles. The molecule has 1 unspecified atom stereocenters. The number of Topliss-reactive ketones (excluding diaryl/α,β-unsaturated/α-hetero) is 2. The minimum absolute atomic E-state index is 0.0234. The topological polar surface area (TPSA) is 106 Å². The number of ketones is 2. The van der Waals surface area contributed by atoms with Crippen molar-refractivity contribution in [3.8, 4) is 0 Å². The number of H-pyrrole nitrogens is 1. The lowest BCUT2D eigenvalue weighted by Crippen LogP contribution is -2.20. The summed E-state index contributed by atoms with van der Waals surface area (Å²) >= 11 is 1.63. The van der Waals surface area contributed by atoms with Crippen LogP contribution in [0.3, 0.4) is 0 Å².